The van der Waals surface area contributed by atoms with Crippen LogP contribution in [0.15, 0.2) is 83.8 Å². The Morgan fingerprint density at radius 2 is 1.63 bits per heavy atom. The number of amides is 1. The number of rotatable bonds is 3. The van der Waals surface area contributed by atoms with Crippen molar-refractivity contribution in [2.24, 2.45) is 0 Å². The summed E-state index contributed by atoms with van der Waals surface area (Å²) < 4.78 is 44.6. The topological polar surface area (TPSA) is 58.4 Å². The Labute approximate surface area is 238 Å². The van der Waals surface area contributed by atoms with E-state index in [1.807, 2.05) is 7.05 Å². The third-order valence-corrected chi connectivity index (χ3v) is 7.71. The Balaban J connectivity index is 1.45. The smallest absolute Gasteiger partial charge is 0.336 e. The van der Waals surface area contributed by atoms with Gasteiger partial charge in [-0.1, -0.05) is 29.8 Å². The first-order valence-electron chi connectivity index (χ1n) is 13.0. The van der Waals surface area contributed by atoms with Crippen LogP contribution in [0.25, 0.3) is 38.6 Å². The molecule has 41 heavy (non-hydrogen) atoms. The molecule has 1 aliphatic heterocycles. The minimum atomic E-state index is -4.71. The number of aromatic nitrogens is 2. The van der Waals surface area contributed by atoms with Gasteiger partial charge >= 0.3 is 6.18 Å². The summed E-state index contributed by atoms with van der Waals surface area (Å²) in [4.78, 5) is 34.3. The second-order valence-corrected chi connectivity index (χ2v) is 10.6. The number of carbonyl (C=O) groups is 1. The van der Waals surface area contributed by atoms with Gasteiger partial charge in [-0.3, -0.25) is 19.1 Å². The predicted molar refractivity (Wildman–Crippen MR) is 154 cm³/mol. The van der Waals surface area contributed by atoms with E-state index in [2.05, 4.69) is 9.88 Å². The minimum absolute atomic E-state index is 0.0531. The fourth-order valence-electron chi connectivity index (χ4n) is 5.28. The van der Waals surface area contributed by atoms with E-state index in [0.717, 1.165) is 19.2 Å². The number of nitrogens with zero attached hydrogens (tertiary/aromatic N) is 4. The normalized spacial score (nSPS) is 14.6. The molecule has 0 N–H and O–H groups in total. The summed E-state index contributed by atoms with van der Waals surface area (Å²) in [6.07, 6.45) is -3.13. The second-order valence-electron chi connectivity index (χ2n) is 10.1. The lowest BCUT2D eigenvalue weighted by molar-refractivity contribution is -0.137. The standard InChI is InChI=1S/C31H24ClF3N4O2/c1-37-12-14-38(15-13-37)30(41)20-4-2-19(3-5-20)24-9-8-23(17-26(24)31(33,34)35)39-28(40)11-6-21-18-36-27-10-7-22(32)16-25(27)29(21)39/h2-11,16-18H,12-15H2,1H3. The van der Waals surface area contributed by atoms with Crippen molar-refractivity contribution in [1.82, 2.24) is 19.4 Å². The fraction of sp³-hybridized carbons (Fsp3) is 0.194. The number of fused-ring (bicyclic) bond motifs is 3. The van der Waals surface area contributed by atoms with Gasteiger partial charge in [-0.2, -0.15) is 13.2 Å². The van der Waals surface area contributed by atoms with Gasteiger partial charge in [0.15, 0.2) is 0 Å². The van der Waals surface area contributed by atoms with E-state index >= 15 is 0 Å². The summed E-state index contributed by atoms with van der Waals surface area (Å²) in [5.41, 5.74) is 0.327. The number of hydrogen-bond donors (Lipinski definition) is 0. The molecule has 0 atom stereocenters. The third-order valence-electron chi connectivity index (χ3n) is 7.48. The Bertz CT molecular complexity index is 1860. The van der Waals surface area contributed by atoms with Gasteiger partial charge in [0.25, 0.3) is 11.5 Å². The summed E-state index contributed by atoms with van der Waals surface area (Å²) in [5, 5.41) is 1.54. The minimum Gasteiger partial charge on any atom is -0.336 e. The van der Waals surface area contributed by atoms with Crippen molar-refractivity contribution >= 4 is 39.3 Å². The van der Waals surface area contributed by atoms with Gasteiger partial charge in [-0.25, -0.2) is 0 Å². The summed E-state index contributed by atoms with van der Waals surface area (Å²) in [5.74, 6) is -0.145. The molecule has 1 aliphatic rings. The van der Waals surface area contributed by atoms with Crippen molar-refractivity contribution in [2.75, 3.05) is 33.2 Å². The fourth-order valence-corrected chi connectivity index (χ4v) is 5.45. The number of pyridine rings is 2. The van der Waals surface area contributed by atoms with Crippen molar-refractivity contribution in [2.45, 2.75) is 6.18 Å². The Morgan fingerprint density at radius 3 is 2.34 bits per heavy atom. The highest BCUT2D eigenvalue weighted by atomic mass is 35.5. The molecule has 10 heteroatoms. The predicted octanol–water partition coefficient (Wildman–Crippen LogP) is 6.27. The highest BCUT2D eigenvalue weighted by Crippen LogP contribution is 2.39. The maximum Gasteiger partial charge on any atom is 0.417 e. The van der Waals surface area contributed by atoms with Gasteiger partial charge in [-0.15, -0.1) is 0 Å². The quantitative estimate of drug-likeness (QED) is 0.238. The summed E-state index contributed by atoms with van der Waals surface area (Å²) in [7, 11) is 1.99. The number of carbonyl (C=O) groups excluding carboxylic acids is 1. The van der Waals surface area contributed by atoms with Crippen molar-refractivity contribution in [3.05, 3.63) is 105 Å². The summed E-state index contributed by atoms with van der Waals surface area (Å²) >= 11 is 6.22. The molecule has 0 radical (unpaired) electrons. The SMILES string of the molecule is CN1CCN(C(=O)c2ccc(-c3ccc(-n4c(=O)ccc5cnc6ccc(Cl)cc6c54)cc3C(F)(F)F)cc2)CC1. The molecule has 6 nitrogen and oxygen atoms in total. The van der Waals surface area contributed by atoms with Crippen LogP contribution >= 0.6 is 11.6 Å². The van der Waals surface area contributed by atoms with Gasteiger partial charge in [0.05, 0.1) is 16.6 Å². The van der Waals surface area contributed by atoms with E-state index in [0.29, 0.717) is 51.0 Å². The van der Waals surface area contributed by atoms with E-state index in [1.54, 1.807) is 47.5 Å². The van der Waals surface area contributed by atoms with Gasteiger partial charge < -0.3 is 9.80 Å². The maximum atomic E-state index is 14.5. The molecule has 0 saturated carbocycles. The van der Waals surface area contributed by atoms with E-state index in [9.17, 15) is 22.8 Å². The lowest BCUT2D eigenvalue weighted by Crippen LogP contribution is -2.47. The molecule has 1 saturated heterocycles. The van der Waals surface area contributed by atoms with Crippen LogP contribution in [0.5, 0.6) is 0 Å². The molecule has 0 unspecified atom stereocenters. The molecule has 2 aromatic heterocycles. The Hall–Kier alpha value is -4.21. The van der Waals surface area contributed by atoms with E-state index < -0.39 is 17.3 Å². The number of hydrogen-bond acceptors (Lipinski definition) is 4. The van der Waals surface area contributed by atoms with E-state index in [4.69, 9.17) is 11.6 Å². The van der Waals surface area contributed by atoms with Gasteiger partial charge in [0.1, 0.15) is 0 Å². The first kappa shape index (κ1) is 27.0. The van der Waals surface area contributed by atoms with Gasteiger partial charge in [-0.05, 0) is 66.7 Å². The molecule has 5 aromatic rings. The Morgan fingerprint density at radius 1 is 0.902 bits per heavy atom. The zero-order valence-electron chi connectivity index (χ0n) is 22.0. The van der Waals surface area contributed by atoms with Crippen molar-refractivity contribution in [3.63, 3.8) is 0 Å². The van der Waals surface area contributed by atoms with Crippen molar-refractivity contribution in [1.29, 1.82) is 0 Å². The molecule has 0 spiro atoms. The van der Waals surface area contributed by atoms with E-state index in [1.165, 1.54) is 34.9 Å². The van der Waals surface area contributed by atoms with E-state index in [-0.39, 0.29) is 17.2 Å². The van der Waals surface area contributed by atoms with Crippen LogP contribution in [-0.2, 0) is 6.18 Å². The van der Waals surface area contributed by atoms with Crippen LogP contribution < -0.4 is 5.56 Å². The zero-order chi connectivity index (χ0) is 28.9. The summed E-state index contributed by atoms with van der Waals surface area (Å²) in [6.45, 7) is 2.73. The Kier molecular flexibility index (Phi) is 6.79. The van der Waals surface area contributed by atoms with Crippen LogP contribution in [0.3, 0.4) is 0 Å². The van der Waals surface area contributed by atoms with Crippen LogP contribution in [-0.4, -0.2) is 58.5 Å². The molecule has 0 aliphatic carbocycles. The molecule has 208 valence electrons. The number of piperazine rings is 1. The molecule has 6 rings (SSSR count). The highest BCUT2D eigenvalue weighted by molar-refractivity contribution is 6.31. The number of likely N-dealkylation sites (N-methyl/N-ethyl adjacent to an activating group) is 1. The zero-order valence-corrected chi connectivity index (χ0v) is 22.7. The lowest BCUT2D eigenvalue weighted by Gasteiger charge is -2.32. The molecule has 1 fully saturated rings. The molecule has 0 bridgehead atoms. The number of halogens is 4. The molecule has 3 aromatic carbocycles. The van der Waals surface area contributed by atoms with Crippen LogP contribution in [0.4, 0.5) is 13.2 Å². The first-order chi connectivity index (χ1) is 19.6. The van der Waals surface area contributed by atoms with Crippen LogP contribution in [0, 0.1) is 0 Å². The first-order valence-corrected chi connectivity index (χ1v) is 13.4. The summed E-state index contributed by atoms with van der Waals surface area (Å²) in [6, 6.07) is 17.9. The third kappa shape index (κ3) is 5.07. The largest absolute Gasteiger partial charge is 0.417 e. The monoisotopic (exact) mass is 576 g/mol. The lowest BCUT2D eigenvalue weighted by atomic mass is 9.97. The average Bonchev–Trinajstić information content (AvgIpc) is 2.96. The van der Waals surface area contributed by atoms with Gasteiger partial charge in [0.2, 0.25) is 0 Å². The van der Waals surface area contributed by atoms with Crippen LogP contribution in [0.1, 0.15) is 15.9 Å². The molecule has 3 heterocycles. The second kappa shape index (κ2) is 10.3. The number of benzene rings is 3. The average molecular weight is 577 g/mol. The molecular weight excluding hydrogens is 553 g/mol. The van der Waals surface area contributed by atoms with Crippen molar-refractivity contribution < 1.29 is 18.0 Å². The molecule has 1 amide bonds. The van der Waals surface area contributed by atoms with Crippen LogP contribution in [0.2, 0.25) is 5.02 Å². The molecular formula is C31H24ClF3N4O2. The highest BCUT2D eigenvalue weighted by Gasteiger charge is 2.34. The van der Waals surface area contributed by atoms with Gasteiger partial charge in [0, 0.05) is 65.5 Å². The maximum absolute atomic E-state index is 14.5. The van der Waals surface area contributed by atoms with Crippen molar-refractivity contribution in [3.8, 4) is 16.8 Å². The number of alkyl halides is 3.